The highest BCUT2D eigenvalue weighted by Gasteiger charge is 2.29. The molecule has 0 amide bonds. The standard InChI is InChI=1S/C23H30FN3O/c24-22-8-4-5-9-23(22)26-12-10-20(11-13-26)27-15-14-25(17-21(28)18-27)16-19-6-2-1-3-7-19/h1-9,20-21,28H,10-18H2/t21-/m1/s1. The topological polar surface area (TPSA) is 30.0 Å². The number of rotatable bonds is 4. The van der Waals surface area contributed by atoms with E-state index in [1.807, 2.05) is 18.2 Å². The lowest BCUT2D eigenvalue weighted by Crippen LogP contribution is -2.47. The summed E-state index contributed by atoms with van der Waals surface area (Å²) in [5.74, 6) is -0.136. The molecule has 150 valence electrons. The van der Waals surface area contributed by atoms with Crippen molar-refractivity contribution in [3.63, 3.8) is 0 Å². The third-order valence-electron chi connectivity index (χ3n) is 6.04. The first-order valence-electron chi connectivity index (χ1n) is 10.4. The number of para-hydroxylation sites is 1. The van der Waals surface area contributed by atoms with Crippen LogP contribution < -0.4 is 4.90 Å². The predicted octanol–water partition coefficient (Wildman–Crippen LogP) is 2.97. The van der Waals surface area contributed by atoms with E-state index in [-0.39, 0.29) is 11.9 Å². The SMILES string of the molecule is O[C@@H]1CN(Cc2ccccc2)CCN(C2CCN(c3ccccc3F)CC2)C1. The lowest BCUT2D eigenvalue weighted by Gasteiger charge is -2.39. The van der Waals surface area contributed by atoms with E-state index < -0.39 is 0 Å². The van der Waals surface area contributed by atoms with Crippen molar-refractivity contribution in [1.82, 2.24) is 9.80 Å². The van der Waals surface area contributed by atoms with Crippen molar-refractivity contribution in [2.45, 2.75) is 31.5 Å². The third kappa shape index (κ3) is 4.72. The molecular formula is C23H30FN3O. The molecule has 28 heavy (non-hydrogen) atoms. The maximum Gasteiger partial charge on any atom is 0.146 e. The van der Waals surface area contributed by atoms with Crippen molar-refractivity contribution in [3.05, 3.63) is 66.0 Å². The normalized spacial score (nSPS) is 22.9. The molecule has 2 aliphatic heterocycles. The van der Waals surface area contributed by atoms with Crippen LogP contribution in [0.25, 0.3) is 0 Å². The van der Waals surface area contributed by atoms with Gasteiger partial charge in [0.15, 0.2) is 0 Å². The molecule has 2 fully saturated rings. The van der Waals surface area contributed by atoms with Crippen LogP contribution in [-0.4, -0.2) is 66.3 Å². The van der Waals surface area contributed by atoms with Gasteiger partial charge in [-0.25, -0.2) is 4.39 Å². The maximum absolute atomic E-state index is 14.1. The van der Waals surface area contributed by atoms with Gasteiger partial charge < -0.3 is 10.0 Å². The highest BCUT2D eigenvalue weighted by atomic mass is 19.1. The molecule has 2 aromatic carbocycles. The van der Waals surface area contributed by atoms with E-state index in [2.05, 4.69) is 39.0 Å². The molecule has 2 aromatic rings. The number of β-amino-alcohol motifs (C(OH)–C–C–N with tert-alkyl or cyclic N) is 1. The molecule has 0 aliphatic carbocycles. The zero-order valence-electron chi connectivity index (χ0n) is 16.4. The van der Waals surface area contributed by atoms with Crippen molar-refractivity contribution < 1.29 is 9.50 Å². The summed E-state index contributed by atoms with van der Waals surface area (Å²) >= 11 is 0. The van der Waals surface area contributed by atoms with Gasteiger partial charge in [0.25, 0.3) is 0 Å². The second kappa shape index (κ2) is 9.03. The molecule has 5 heteroatoms. The number of anilines is 1. The molecule has 4 nitrogen and oxygen atoms in total. The van der Waals surface area contributed by atoms with E-state index >= 15 is 0 Å². The van der Waals surface area contributed by atoms with Crippen molar-refractivity contribution in [2.75, 3.05) is 44.2 Å². The van der Waals surface area contributed by atoms with Crippen LogP contribution in [-0.2, 0) is 6.54 Å². The molecule has 2 aliphatic rings. The molecule has 2 heterocycles. The summed E-state index contributed by atoms with van der Waals surface area (Å²) in [5.41, 5.74) is 2.01. The average Bonchev–Trinajstić information content (AvgIpc) is 2.90. The van der Waals surface area contributed by atoms with Crippen LogP contribution in [0.3, 0.4) is 0 Å². The Morgan fingerprint density at radius 3 is 2.32 bits per heavy atom. The van der Waals surface area contributed by atoms with E-state index in [1.165, 1.54) is 11.6 Å². The Morgan fingerprint density at radius 1 is 0.857 bits per heavy atom. The summed E-state index contributed by atoms with van der Waals surface area (Å²) in [5, 5.41) is 10.6. The van der Waals surface area contributed by atoms with Crippen molar-refractivity contribution >= 4 is 5.69 Å². The Kier molecular flexibility index (Phi) is 6.25. The quantitative estimate of drug-likeness (QED) is 0.879. The number of nitrogens with zero attached hydrogens (tertiary/aromatic N) is 3. The van der Waals surface area contributed by atoms with Crippen LogP contribution in [0.15, 0.2) is 54.6 Å². The van der Waals surface area contributed by atoms with Gasteiger partial charge in [-0.1, -0.05) is 42.5 Å². The Hall–Kier alpha value is -1.95. The molecule has 4 rings (SSSR count). The Morgan fingerprint density at radius 2 is 1.57 bits per heavy atom. The molecular weight excluding hydrogens is 353 g/mol. The van der Waals surface area contributed by atoms with Crippen LogP contribution in [0.4, 0.5) is 10.1 Å². The largest absolute Gasteiger partial charge is 0.390 e. The maximum atomic E-state index is 14.1. The second-order valence-corrected chi connectivity index (χ2v) is 8.04. The fourth-order valence-corrected chi connectivity index (χ4v) is 4.58. The van der Waals surface area contributed by atoms with E-state index in [0.717, 1.165) is 58.7 Å². The monoisotopic (exact) mass is 383 g/mol. The number of halogens is 1. The lowest BCUT2D eigenvalue weighted by molar-refractivity contribution is 0.0871. The number of hydrogen-bond acceptors (Lipinski definition) is 4. The smallest absolute Gasteiger partial charge is 0.146 e. The molecule has 2 saturated heterocycles. The van der Waals surface area contributed by atoms with Gasteiger partial charge in [-0.05, 0) is 30.5 Å². The van der Waals surface area contributed by atoms with Crippen LogP contribution in [0, 0.1) is 5.82 Å². The zero-order valence-corrected chi connectivity index (χ0v) is 16.4. The van der Waals surface area contributed by atoms with E-state index in [1.54, 1.807) is 6.07 Å². The van der Waals surface area contributed by atoms with Gasteiger partial charge >= 0.3 is 0 Å². The van der Waals surface area contributed by atoms with Gasteiger partial charge in [0, 0.05) is 51.9 Å². The average molecular weight is 384 g/mol. The number of aliphatic hydroxyl groups is 1. The number of piperidine rings is 1. The van der Waals surface area contributed by atoms with Gasteiger partial charge in [-0.15, -0.1) is 0 Å². The first-order valence-corrected chi connectivity index (χ1v) is 10.4. The van der Waals surface area contributed by atoms with E-state index in [9.17, 15) is 9.50 Å². The molecule has 0 unspecified atom stereocenters. The number of benzene rings is 2. The van der Waals surface area contributed by atoms with Crippen LogP contribution >= 0.6 is 0 Å². The van der Waals surface area contributed by atoms with Crippen LogP contribution in [0.5, 0.6) is 0 Å². The summed E-state index contributed by atoms with van der Waals surface area (Å²) < 4.78 is 14.1. The highest BCUT2D eigenvalue weighted by Crippen LogP contribution is 2.25. The molecule has 0 aromatic heterocycles. The highest BCUT2D eigenvalue weighted by molar-refractivity contribution is 5.47. The minimum Gasteiger partial charge on any atom is -0.390 e. The van der Waals surface area contributed by atoms with Crippen molar-refractivity contribution in [3.8, 4) is 0 Å². The fraction of sp³-hybridized carbons (Fsp3) is 0.478. The molecule has 0 spiro atoms. The Bertz CT molecular complexity index is 749. The van der Waals surface area contributed by atoms with Gasteiger partial charge in [0.2, 0.25) is 0 Å². The lowest BCUT2D eigenvalue weighted by atomic mass is 10.0. The predicted molar refractivity (Wildman–Crippen MR) is 111 cm³/mol. The van der Waals surface area contributed by atoms with Crippen LogP contribution in [0.1, 0.15) is 18.4 Å². The number of aliphatic hydroxyl groups excluding tert-OH is 1. The first-order chi connectivity index (χ1) is 13.7. The second-order valence-electron chi connectivity index (χ2n) is 8.04. The summed E-state index contributed by atoms with van der Waals surface area (Å²) in [7, 11) is 0. The molecule has 0 saturated carbocycles. The molecule has 0 radical (unpaired) electrons. The minimum absolute atomic E-state index is 0.136. The summed E-state index contributed by atoms with van der Waals surface area (Å²) in [6.45, 7) is 6.03. The van der Waals surface area contributed by atoms with E-state index in [4.69, 9.17) is 0 Å². The number of hydrogen-bond donors (Lipinski definition) is 1. The summed E-state index contributed by atoms with van der Waals surface area (Å²) in [6.07, 6.45) is 1.70. The summed E-state index contributed by atoms with van der Waals surface area (Å²) in [6, 6.07) is 18.0. The zero-order chi connectivity index (χ0) is 19.3. The van der Waals surface area contributed by atoms with Gasteiger partial charge in [0.05, 0.1) is 11.8 Å². The third-order valence-corrected chi connectivity index (χ3v) is 6.04. The van der Waals surface area contributed by atoms with Crippen molar-refractivity contribution in [1.29, 1.82) is 0 Å². The summed E-state index contributed by atoms with van der Waals surface area (Å²) in [4.78, 5) is 6.96. The van der Waals surface area contributed by atoms with Gasteiger partial charge in [0.1, 0.15) is 5.82 Å². The first kappa shape index (κ1) is 19.4. The fourth-order valence-electron chi connectivity index (χ4n) is 4.58. The molecule has 1 N–H and O–H groups in total. The van der Waals surface area contributed by atoms with E-state index in [0.29, 0.717) is 11.7 Å². The van der Waals surface area contributed by atoms with Crippen molar-refractivity contribution in [2.24, 2.45) is 0 Å². The van der Waals surface area contributed by atoms with Gasteiger partial charge in [-0.2, -0.15) is 0 Å². The van der Waals surface area contributed by atoms with Gasteiger partial charge in [-0.3, -0.25) is 9.80 Å². The Balaban J connectivity index is 1.32. The Labute approximate surface area is 167 Å². The molecule has 1 atom stereocenters. The van der Waals surface area contributed by atoms with Crippen LogP contribution in [0.2, 0.25) is 0 Å². The minimum atomic E-state index is -0.323. The molecule has 0 bridgehead atoms.